The van der Waals surface area contributed by atoms with Crippen molar-refractivity contribution in [1.29, 1.82) is 0 Å². The molecule has 7 heteroatoms. The van der Waals surface area contributed by atoms with Crippen LogP contribution in [-0.2, 0) is 6.54 Å². The predicted octanol–water partition coefficient (Wildman–Crippen LogP) is 3.77. The average Bonchev–Trinajstić information content (AvgIpc) is 2.86. The van der Waals surface area contributed by atoms with Crippen molar-refractivity contribution in [3.63, 3.8) is 0 Å². The van der Waals surface area contributed by atoms with Gasteiger partial charge in [-0.2, -0.15) is 13.2 Å². The molecule has 0 fully saturated rings. The fourth-order valence-corrected chi connectivity index (χ4v) is 3.07. The number of carbonyl (C=O) groups is 1. The molecule has 0 radical (unpaired) electrons. The van der Waals surface area contributed by atoms with Crippen LogP contribution in [0.4, 0.5) is 13.2 Å². The van der Waals surface area contributed by atoms with Crippen molar-refractivity contribution in [2.45, 2.75) is 33.0 Å². The molecule has 0 aliphatic carbocycles. The Labute approximate surface area is 158 Å². The highest BCUT2D eigenvalue weighted by Gasteiger charge is 2.28. The molecule has 1 heterocycles. The van der Waals surface area contributed by atoms with Gasteiger partial charge in [0, 0.05) is 24.5 Å². The summed E-state index contributed by atoms with van der Waals surface area (Å²) in [6, 6.07) is 11.8. The Kier molecular flexibility index (Phi) is 7.07. The highest BCUT2D eigenvalue weighted by atomic mass is 19.4. The first-order valence-corrected chi connectivity index (χ1v) is 8.91. The topological polar surface area (TPSA) is 37.3 Å². The summed E-state index contributed by atoms with van der Waals surface area (Å²) in [7, 11) is 1.42. The average molecular weight is 381 g/mol. The lowest BCUT2D eigenvalue weighted by atomic mass is 10.2. The van der Waals surface area contributed by atoms with E-state index in [1.54, 1.807) is 0 Å². The second-order valence-electron chi connectivity index (χ2n) is 6.82. The Morgan fingerprint density at radius 3 is 2.48 bits per heavy atom. The van der Waals surface area contributed by atoms with Crippen LogP contribution in [0.25, 0.3) is 0 Å². The summed E-state index contributed by atoms with van der Waals surface area (Å²) in [6.07, 6.45) is -3.74. The number of rotatable bonds is 8. The normalized spacial score (nSPS) is 11.8. The predicted molar refractivity (Wildman–Crippen MR) is 100.0 cm³/mol. The number of halogens is 3. The van der Waals surface area contributed by atoms with E-state index >= 15 is 0 Å². The first-order chi connectivity index (χ1) is 12.7. The van der Waals surface area contributed by atoms with E-state index in [2.05, 4.69) is 9.88 Å². The molecule has 1 N–H and O–H groups in total. The van der Waals surface area contributed by atoms with Crippen molar-refractivity contribution in [2.75, 3.05) is 26.7 Å². The van der Waals surface area contributed by atoms with Gasteiger partial charge in [0.15, 0.2) is 0 Å². The highest BCUT2D eigenvalue weighted by Crippen LogP contribution is 2.17. The number of carbonyl (C=O) groups excluding carboxylic acids is 1. The Morgan fingerprint density at radius 1 is 1.19 bits per heavy atom. The molecule has 0 atom stereocenters. The van der Waals surface area contributed by atoms with Gasteiger partial charge in [0.2, 0.25) is 0 Å². The van der Waals surface area contributed by atoms with E-state index in [1.807, 2.05) is 50.2 Å². The van der Waals surface area contributed by atoms with Crippen LogP contribution in [0, 0.1) is 13.8 Å². The van der Waals surface area contributed by atoms with Gasteiger partial charge < -0.3 is 9.88 Å². The Bertz CT molecular complexity index is 754. The number of alkyl halides is 3. The van der Waals surface area contributed by atoms with Crippen LogP contribution < -0.4 is 5.32 Å². The van der Waals surface area contributed by atoms with Gasteiger partial charge in [-0.15, -0.1) is 0 Å². The first-order valence-electron chi connectivity index (χ1n) is 8.91. The smallest absolute Gasteiger partial charge is 0.352 e. The Morgan fingerprint density at radius 2 is 1.85 bits per heavy atom. The summed E-state index contributed by atoms with van der Waals surface area (Å²) < 4.78 is 39.0. The van der Waals surface area contributed by atoms with Crippen LogP contribution >= 0.6 is 0 Å². The lowest BCUT2D eigenvalue weighted by Crippen LogP contribution is -2.33. The minimum Gasteiger partial charge on any atom is -0.352 e. The van der Waals surface area contributed by atoms with E-state index in [0.29, 0.717) is 25.1 Å². The van der Waals surface area contributed by atoms with Gasteiger partial charge in [0.05, 0.1) is 12.1 Å². The maximum Gasteiger partial charge on any atom is 0.401 e. The quantitative estimate of drug-likeness (QED) is 0.707. The van der Waals surface area contributed by atoms with E-state index in [1.165, 1.54) is 11.9 Å². The zero-order chi connectivity index (χ0) is 20.0. The zero-order valence-electron chi connectivity index (χ0n) is 15.9. The van der Waals surface area contributed by atoms with Crippen LogP contribution in [0.5, 0.6) is 0 Å². The number of nitrogens with one attached hydrogen (secondary N) is 1. The minimum absolute atomic E-state index is 0.194. The van der Waals surface area contributed by atoms with E-state index in [-0.39, 0.29) is 12.5 Å². The van der Waals surface area contributed by atoms with E-state index in [9.17, 15) is 18.0 Å². The summed E-state index contributed by atoms with van der Waals surface area (Å²) in [5.74, 6) is -0.194. The van der Waals surface area contributed by atoms with Gasteiger partial charge >= 0.3 is 6.18 Å². The molecule has 4 nitrogen and oxygen atoms in total. The van der Waals surface area contributed by atoms with Crippen LogP contribution in [0.15, 0.2) is 36.4 Å². The number of amides is 1. The molecule has 27 heavy (non-hydrogen) atoms. The van der Waals surface area contributed by atoms with Crippen LogP contribution in [-0.4, -0.2) is 48.2 Å². The van der Waals surface area contributed by atoms with Gasteiger partial charge in [-0.1, -0.05) is 30.3 Å². The largest absolute Gasteiger partial charge is 0.401 e. The summed E-state index contributed by atoms with van der Waals surface area (Å²) >= 11 is 0. The van der Waals surface area contributed by atoms with Crippen LogP contribution in [0.1, 0.15) is 33.7 Å². The number of nitrogens with zero attached hydrogens (tertiary/aromatic N) is 2. The highest BCUT2D eigenvalue weighted by molar-refractivity contribution is 5.95. The molecule has 0 saturated carbocycles. The number of hydrogen-bond acceptors (Lipinski definition) is 2. The molecule has 1 aromatic carbocycles. The number of benzene rings is 1. The molecule has 2 aromatic rings. The molecule has 1 amide bonds. The second kappa shape index (κ2) is 9.08. The van der Waals surface area contributed by atoms with E-state index < -0.39 is 12.7 Å². The van der Waals surface area contributed by atoms with Gasteiger partial charge in [0.1, 0.15) is 0 Å². The van der Waals surface area contributed by atoms with Gasteiger partial charge in [-0.3, -0.25) is 9.69 Å². The Hall–Kier alpha value is -2.28. The lowest BCUT2D eigenvalue weighted by Gasteiger charge is -2.18. The second-order valence-corrected chi connectivity index (χ2v) is 6.82. The van der Waals surface area contributed by atoms with Gasteiger partial charge in [0.25, 0.3) is 5.91 Å². The summed E-state index contributed by atoms with van der Waals surface area (Å²) in [5.41, 5.74) is 3.63. The zero-order valence-corrected chi connectivity index (χ0v) is 15.9. The molecule has 2 rings (SSSR count). The minimum atomic E-state index is -4.20. The maximum absolute atomic E-state index is 12.4. The molecule has 0 bridgehead atoms. The molecule has 0 saturated heterocycles. The van der Waals surface area contributed by atoms with E-state index in [4.69, 9.17) is 0 Å². The number of aromatic nitrogens is 1. The summed E-state index contributed by atoms with van der Waals surface area (Å²) in [6.45, 7) is 4.21. The molecule has 0 unspecified atom stereocenters. The number of hydrogen-bond donors (Lipinski definition) is 1. The van der Waals surface area contributed by atoms with E-state index in [0.717, 1.165) is 17.0 Å². The Balaban J connectivity index is 1.89. The molecule has 0 aliphatic heterocycles. The molecular weight excluding hydrogens is 355 g/mol. The van der Waals surface area contributed by atoms with Crippen molar-refractivity contribution < 1.29 is 18.0 Å². The standard InChI is InChI=1S/C20H26F3N3O/c1-15-12-18(16(2)26(15)13-17-8-5-4-6-9-17)19(27)24-10-7-11-25(3)14-20(21,22)23/h4-6,8-9,12H,7,10-11,13-14H2,1-3H3,(H,24,27). The van der Waals surface area contributed by atoms with Crippen molar-refractivity contribution in [3.05, 3.63) is 58.9 Å². The third-order valence-electron chi connectivity index (χ3n) is 4.45. The van der Waals surface area contributed by atoms with Crippen molar-refractivity contribution >= 4 is 5.91 Å². The number of aryl methyl sites for hydroxylation is 1. The maximum atomic E-state index is 12.4. The molecule has 0 aliphatic rings. The van der Waals surface area contributed by atoms with Crippen molar-refractivity contribution in [2.24, 2.45) is 0 Å². The van der Waals surface area contributed by atoms with Gasteiger partial charge in [-0.05, 0) is 45.5 Å². The molecular formula is C20H26F3N3O. The third-order valence-corrected chi connectivity index (χ3v) is 4.45. The SMILES string of the molecule is Cc1cc(C(=O)NCCCN(C)CC(F)(F)F)c(C)n1Cc1ccccc1. The van der Waals surface area contributed by atoms with Crippen molar-refractivity contribution in [1.82, 2.24) is 14.8 Å². The fraction of sp³-hybridized carbons (Fsp3) is 0.450. The van der Waals surface area contributed by atoms with Gasteiger partial charge in [-0.25, -0.2) is 0 Å². The fourth-order valence-electron chi connectivity index (χ4n) is 3.07. The molecule has 148 valence electrons. The monoisotopic (exact) mass is 381 g/mol. The molecule has 1 aromatic heterocycles. The van der Waals surface area contributed by atoms with Crippen LogP contribution in [0.2, 0.25) is 0 Å². The molecule has 0 spiro atoms. The van der Waals surface area contributed by atoms with Crippen molar-refractivity contribution in [3.8, 4) is 0 Å². The third kappa shape index (κ3) is 6.43. The lowest BCUT2D eigenvalue weighted by molar-refractivity contribution is -0.143. The first kappa shape index (κ1) is 21.0. The summed E-state index contributed by atoms with van der Waals surface area (Å²) in [5, 5.41) is 2.80. The van der Waals surface area contributed by atoms with Crippen LogP contribution in [0.3, 0.4) is 0 Å². The summed E-state index contributed by atoms with van der Waals surface area (Å²) in [4.78, 5) is 13.6.